The molecular weight excluding hydrogens is 276 g/mol. The molecule has 0 atom stereocenters. The molecule has 0 aliphatic heterocycles. The molecule has 0 aliphatic carbocycles. The lowest BCUT2D eigenvalue weighted by atomic mass is 10.2. The van der Waals surface area contributed by atoms with E-state index in [1.807, 2.05) is 24.7 Å². The van der Waals surface area contributed by atoms with Gasteiger partial charge in [0.1, 0.15) is 17.1 Å². The minimum atomic E-state index is 0.741. The van der Waals surface area contributed by atoms with Gasteiger partial charge in [0.15, 0.2) is 5.65 Å². The molecule has 0 bridgehead atoms. The number of benzene rings is 1. The average molecular weight is 296 g/mol. The van der Waals surface area contributed by atoms with Crippen molar-refractivity contribution in [1.29, 1.82) is 0 Å². The second-order valence-corrected chi connectivity index (χ2v) is 5.32. The normalized spacial score (nSPS) is 11.0. The topological polar surface area (TPSA) is 52.8 Å². The molecule has 0 unspecified atom stereocenters. The van der Waals surface area contributed by atoms with Crippen LogP contribution in [0.3, 0.4) is 0 Å². The van der Waals surface area contributed by atoms with Crippen molar-refractivity contribution in [3.8, 4) is 5.75 Å². The molecule has 0 spiro atoms. The fourth-order valence-electron chi connectivity index (χ4n) is 2.39. The fraction of sp³-hybridized carbons (Fsp3) is 0.353. The van der Waals surface area contributed by atoms with E-state index in [1.54, 1.807) is 7.11 Å². The molecule has 0 N–H and O–H groups in total. The molecule has 2 aromatic heterocycles. The number of unbranched alkanes of at least 4 members (excludes halogenated alkanes) is 1. The van der Waals surface area contributed by atoms with Crippen LogP contribution in [0.25, 0.3) is 11.2 Å². The molecule has 1 aromatic carbocycles. The van der Waals surface area contributed by atoms with E-state index in [9.17, 15) is 0 Å². The van der Waals surface area contributed by atoms with Gasteiger partial charge in [-0.1, -0.05) is 25.5 Å². The van der Waals surface area contributed by atoms with Gasteiger partial charge >= 0.3 is 0 Å². The van der Waals surface area contributed by atoms with Gasteiger partial charge in [-0.25, -0.2) is 15.0 Å². The van der Waals surface area contributed by atoms with Gasteiger partial charge in [0, 0.05) is 6.42 Å². The number of rotatable bonds is 6. The maximum atomic E-state index is 5.19. The van der Waals surface area contributed by atoms with Crippen molar-refractivity contribution in [2.24, 2.45) is 0 Å². The van der Waals surface area contributed by atoms with Crippen LogP contribution in [0, 0.1) is 0 Å². The number of hydrogen-bond acceptors (Lipinski definition) is 4. The van der Waals surface area contributed by atoms with Crippen LogP contribution in [-0.4, -0.2) is 26.6 Å². The first-order valence-corrected chi connectivity index (χ1v) is 7.60. The summed E-state index contributed by atoms with van der Waals surface area (Å²) in [6.07, 6.45) is 6.82. The van der Waals surface area contributed by atoms with Crippen molar-refractivity contribution >= 4 is 11.2 Å². The smallest absolute Gasteiger partial charge is 0.163 e. The maximum Gasteiger partial charge on any atom is 0.163 e. The number of ether oxygens (including phenoxy) is 1. The van der Waals surface area contributed by atoms with Crippen molar-refractivity contribution in [3.05, 3.63) is 48.2 Å². The van der Waals surface area contributed by atoms with Crippen molar-refractivity contribution in [3.63, 3.8) is 0 Å². The standard InChI is InChI=1S/C17H20N4O/c1-3-4-5-16-18-10-15-17(20-16)21(12-19-15)11-13-6-8-14(22-2)9-7-13/h6-10,12H,3-5,11H2,1-2H3. The molecule has 3 rings (SSSR count). The Balaban J connectivity index is 1.85. The molecule has 0 aliphatic rings. The summed E-state index contributed by atoms with van der Waals surface area (Å²) in [6, 6.07) is 8.06. The Morgan fingerprint density at radius 3 is 2.68 bits per heavy atom. The Morgan fingerprint density at radius 1 is 1.14 bits per heavy atom. The third-order valence-corrected chi connectivity index (χ3v) is 3.67. The van der Waals surface area contributed by atoms with Crippen LogP contribution in [-0.2, 0) is 13.0 Å². The Morgan fingerprint density at radius 2 is 1.95 bits per heavy atom. The lowest BCUT2D eigenvalue weighted by Gasteiger charge is -2.06. The highest BCUT2D eigenvalue weighted by Gasteiger charge is 2.07. The molecule has 0 amide bonds. The Labute approximate surface area is 130 Å². The first-order valence-electron chi connectivity index (χ1n) is 7.60. The quantitative estimate of drug-likeness (QED) is 0.701. The zero-order valence-corrected chi connectivity index (χ0v) is 13.0. The minimum Gasteiger partial charge on any atom is -0.497 e. The van der Waals surface area contributed by atoms with E-state index in [0.29, 0.717) is 0 Å². The number of aryl methyl sites for hydroxylation is 1. The molecule has 0 saturated carbocycles. The van der Waals surface area contributed by atoms with Crippen LogP contribution in [0.5, 0.6) is 5.75 Å². The molecule has 22 heavy (non-hydrogen) atoms. The fourth-order valence-corrected chi connectivity index (χ4v) is 2.39. The summed E-state index contributed by atoms with van der Waals surface area (Å²) in [5, 5.41) is 0. The maximum absolute atomic E-state index is 5.19. The van der Waals surface area contributed by atoms with E-state index in [-0.39, 0.29) is 0 Å². The SMILES string of the molecule is CCCCc1ncc2ncn(Cc3ccc(OC)cc3)c2n1. The van der Waals surface area contributed by atoms with Crippen LogP contribution in [0.4, 0.5) is 0 Å². The van der Waals surface area contributed by atoms with Crippen LogP contribution >= 0.6 is 0 Å². The van der Waals surface area contributed by atoms with Crippen molar-refractivity contribution < 1.29 is 4.74 Å². The van der Waals surface area contributed by atoms with Gasteiger partial charge in [-0.3, -0.25) is 0 Å². The molecule has 2 heterocycles. The Kier molecular flexibility index (Phi) is 4.32. The zero-order chi connectivity index (χ0) is 15.4. The second kappa shape index (κ2) is 6.56. The van der Waals surface area contributed by atoms with Crippen LogP contribution in [0.1, 0.15) is 31.2 Å². The number of fused-ring (bicyclic) bond motifs is 1. The minimum absolute atomic E-state index is 0.741. The molecule has 3 aromatic rings. The second-order valence-electron chi connectivity index (χ2n) is 5.32. The van der Waals surface area contributed by atoms with E-state index in [4.69, 9.17) is 4.74 Å². The summed E-state index contributed by atoms with van der Waals surface area (Å²) < 4.78 is 7.25. The highest BCUT2D eigenvalue weighted by atomic mass is 16.5. The van der Waals surface area contributed by atoms with Gasteiger partial charge in [-0.05, 0) is 24.1 Å². The van der Waals surface area contributed by atoms with Crippen LogP contribution in [0.15, 0.2) is 36.8 Å². The molecule has 5 nitrogen and oxygen atoms in total. The largest absolute Gasteiger partial charge is 0.497 e. The molecule has 0 radical (unpaired) electrons. The van der Waals surface area contributed by atoms with E-state index < -0.39 is 0 Å². The summed E-state index contributed by atoms with van der Waals surface area (Å²) in [7, 11) is 1.67. The number of methoxy groups -OCH3 is 1. The molecule has 5 heteroatoms. The molecule has 114 valence electrons. The number of aromatic nitrogens is 4. The van der Waals surface area contributed by atoms with Crippen molar-refractivity contribution in [1.82, 2.24) is 19.5 Å². The van der Waals surface area contributed by atoms with E-state index in [2.05, 4.69) is 38.6 Å². The van der Waals surface area contributed by atoms with Crippen LogP contribution in [0.2, 0.25) is 0 Å². The van der Waals surface area contributed by atoms with Gasteiger partial charge in [0.2, 0.25) is 0 Å². The van der Waals surface area contributed by atoms with E-state index >= 15 is 0 Å². The van der Waals surface area contributed by atoms with Crippen molar-refractivity contribution in [2.45, 2.75) is 32.7 Å². The first kappa shape index (κ1) is 14.5. The lowest BCUT2D eigenvalue weighted by Crippen LogP contribution is -2.02. The third-order valence-electron chi connectivity index (χ3n) is 3.67. The summed E-state index contributed by atoms with van der Waals surface area (Å²) in [5.74, 6) is 1.76. The van der Waals surface area contributed by atoms with Gasteiger partial charge in [0.05, 0.1) is 26.2 Å². The third kappa shape index (κ3) is 3.08. The Hall–Kier alpha value is -2.43. The average Bonchev–Trinajstić information content (AvgIpc) is 2.96. The lowest BCUT2D eigenvalue weighted by molar-refractivity contribution is 0.414. The highest BCUT2D eigenvalue weighted by Crippen LogP contribution is 2.15. The molecule has 0 saturated heterocycles. The summed E-state index contributed by atoms with van der Waals surface area (Å²) in [6.45, 7) is 2.91. The predicted molar refractivity (Wildman–Crippen MR) is 86.0 cm³/mol. The summed E-state index contributed by atoms with van der Waals surface area (Å²) in [4.78, 5) is 13.4. The van der Waals surface area contributed by atoms with Gasteiger partial charge in [0.25, 0.3) is 0 Å². The highest BCUT2D eigenvalue weighted by molar-refractivity contribution is 5.69. The van der Waals surface area contributed by atoms with E-state index in [0.717, 1.165) is 48.5 Å². The van der Waals surface area contributed by atoms with Crippen molar-refractivity contribution in [2.75, 3.05) is 7.11 Å². The number of nitrogens with zero attached hydrogens (tertiary/aromatic N) is 4. The number of imidazole rings is 1. The van der Waals surface area contributed by atoms with Gasteiger partial charge in [-0.15, -0.1) is 0 Å². The van der Waals surface area contributed by atoms with E-state index in [1.165, 1.54) is 5.56 Å². The molecule has 0 fully saturated rings. The zero-order valence-electron chi connectivity index (χ0n) is 13.0. The summed E-state index contributed by atoms with van der Waals surface area (Å²) >= 11 is 0. The monoisotopic (exact) mass is 296 g/mol. The van der Waals surface area contributed by atoms with Gasteiger partial charge < -0.3 is 9.30 Å². The molecular formula is C17H20N4O. The first-order chi connectivity index (χ1) is 10.8. The Bertz CT molecular complexity index is 749. The predicted octanol–water partition coefficient (Wildman–Crippen LogP) is 3.23. The van der Waals surface area contributed by atoms with Crippen LogP contribution < -0.4 is 4.74 Å². The number of hydrogen-bond donors (Lipinski definition) is 0. The summed E-state index contributed by atoms with van der Waals surface area (Å²) in [5.41, 5.74) is 2.93. The van der Waals surface area contributed by atoms with Gasteiger partial charge in [-0.2, -0.15) is 0 Å².